The summed E-state index contributed by atoms with van der Waals surface area (Å²) in [6.07, 6.45) is -6.12. The number of hydrogen-bond donors (Lipinski definition) is 1. The average Bonchev–Trinajstić information content (AvgIpc) is 2.66. The van der Waals surface area contributed by atoms with Crippen LogP contribution in [-0.2, 0) is 6.54 Å². The molecule has 1 N–H and O–H groups in total. The molecule has 1 aromatic carbocycles. The van der Waals surface area contributed by atoms with Crippen LogP contribution in [0.4, 0.5) is 17.6 Å². The molecule has 124 valence electrons. The molecule has 1 heterocycles. The van der Waals surface area contributed by atoms with Gasteiger partial charge >= 0.3 is 6.18 Å². The van der Waals surface area contributed by atoms with E-state index in [0.717, 1.165) is 18.5 Å². The maximum absolute atomic E-state index is 12.9. The zero-order valence-electron chi connectivity index (χ0n) is 12.2. The minimum absolute atomic E-state index is 0.285. The van der Waals surface area contributed by atoms with Crippen molar-refractivity contribution in [3.63, 3.8) is 0 Å². The molecule has 0 saturated carbocycles. The van der Waals surface area contributed by atoms with Crippen LogP contribution in [0.3, 0.4) is 0 Å². The molecule has 1 fully saturated rings. The Bertz CT molecular complexity index is 464. The predicted molar refractivity (Wildman–Crippen MR) is 74.8 cm³/mol. The second-order valence-corrected chi connectivity index (χ2v) is 5.61. The van der Waals surface area contributed by atoms with Crippen LogP contribution in [0.15, 0.2) is 24.3 Å². The quantitative estimate of drug-likeness (QED) is 0.862. The van der Waals surface area contributed by atoms with E-state index in [0.29, 0.717) is 26.2 Å². The summed E-state index contributed by atoms with van der Waals surface area (Å²) in [6.45, 7) is 2.68. The highest BCUT2D eigenvalue weighted by Gasteiger charge is 2.39. The molecule has 0 aliphatic carbocycles. The van der Waals surface area contributed by atoms with E-state index in [2.05, 4.69) is 4.90 Å². The van der Waals surface area contributed by atoms with Gasteiger partial charge in [-0.25, -0.2) is 4.39 Å². The first kappa shape index (κ1) is 17.2. The van der Waals surface area contributed by atoms with E-state index in [9.17, 15) is 17.6 Å². The van der Waals surface area contributed by atoms with Gasteiger partial charge in [-0.15, -0.1) is 0 Å². The van der Waals surface area contributed by atoms with Crippen molar-refractivity contribution >= 4 is 0 Å². The molecule has 7 heteroatoms. The van der Waals surface area contributed by atoms with E-state index < -0.39 is 12.3 Å². The molecular formula is C15H20F4N2O. The number of nitrogens with zero attached hydrogens (tertiary/aromatic N) is 2. The lowest BCUT2D eigenvalue weighted by molar-refractivity contribution is -0.208. The fourth-order valence-electron chi connectivity index (χ4n) is 2.56. The van der Waals surface area contributed by atoms with E-state index in [1.807, 2.05) is 0 Å². The van der Waals surface area contributed by atoms with Gasteiger partial charge in [0.15, 0.2) is 6.10 Å². The third-order valence-electron chi connectivity index (χ3n) is 3.81. The van der Waals surface area contributed by atoms with Gasteiger partial charge in [0.05, 0.1) is 0 Å². The maximum atomic E-state index is 12.9. The topological polar surface area (TPSA) is 26.7 Å². The summed E-state index contributed by atoms with van der Waals surface area (Å²) in [5.41, 5.74) is 0.977. The van der Waals surface area contributed by atoms with Crippen LogP contribution < -0.4 is 0 Å². The number of benzene rings is 1. The van der Waals surface area contributed by atoms with Gasteiger partial charge in [0.1, 0.15) is 5.82 Å². The Labute approximate surface area is 127 Å². The number of aliphatic hydroxyl groups excluding tert-OH is 1. The van der Waals surface area contributed by atoms with Crippen molar-refractivity contribution in [1.29, 1.82) is 0 Å². The molecule has 0 radical (unpaired) electrons. The Morgan fingerprint density at radius 2 is 1.59 bits per heavy atom. The molecule has 0 bridgehead atoms. The minimum Gasteiger partial charge on any atom is -0.382 e. The predicted octanol–water partition coefficient (Wildman–Crippen LogP) is 2.26. The summed E-state index contributed by atoms with van der Waals surface area (Å²) >= 11 is 0. The van der Waals surface area contributed by atoms with Crippen molar-refractivity contribution in [2.75, 3.05) is 32.7 Å². The van der Waals surface area contributed by atoms with Gasteiger partial charge in [0.2, 0.25) is 0 Å². The van der Waals surface area contributed by atoms with Gasteiger partial charge in [-0.1, -0.05) is 12.1 Å². The summed E-state index contributed by atoms with van der Waals surface area (Å²) in [5.74, 6) is -0.285. The van der Waals surface area contributed by atoms with Crippen molar-refractivity contribution < 1.29 is 22.7 Å². The van der Waals surface area contributed by atoms with Gasteiger partial charge in [-0.3, -0.25) is 9.80 Å². The number of alkyl halides is 3. The van der Waals surface area contributed by atoms with Crippen molar-refractivity contribution in [1.82, 2.24) is 9.80 Å². The molecule has 3 nitrogen and oxygen atoms in total. The van der Waals surface area contributed by atoms with E-state index in [-0.39, 0.29) is 12.4 Å². The van der Waals surface area contributed by atoms with Crippen LogP contribution in [0, 0.1) is 5.82 Å². The lowest BCUT2D eigenvalue weighted by Gasteiger charge is -2.25. The first-order chi connectivity index (χ1) is 10.3. The normalized spacial score (nSPS) is 19.9. The minimum atomic E-state index is -4.57. The maximum Gasteiger partial charge on any atom is 0.415 e. The second-order valence-electron chi connectivity index (χ2n) is 5.61. The summed E-state index contributed by atoms with van der Waals surface area (Å²) < 4.78 is 50.0. The van der Waals surface area contributed by atoms with Crippen LogP contribution in [-0.4, -0.2) is 59.9 Å². The zero-order chi connectivity index (χ0) is 16.2. The monoisotopic (exact) mass is 320 g/mol. The third kappa shape index (κ3) is 5.23. The molecule has 1 unspecified atom stereocenters. The van der Waals surface area contributed by atoms with Crippen molar-refractivity contribution in [3.05, 3.63) is 35.6 Å². The summed E-state index contributed by atoms with van der Waals surface area (Å²) in [4.78, 5) is 3.77. The molecule has 1 atom stereocenters. The Morgan fingerprint density at radius 1 is 1.00 bits per heavy atom. The molecule has 1 aromatic rings. The van der Waals surface area contributed by atoms with Gasteiger partial charge in [0, 0.05) is 26.2 Å². The lowest BCUT2D eigenvalue weighted by Crippen LogP contribution is -2.42. The van der Waals surface area contributed by atoms with Crippen LogP contribution in [0.25, 0.3) is 0 Å². The van der Waals surface area contributed by atoms with Crippen LogP contribution in [0.5, 0.6) is 0 Å². The van der Waals surface area contributed by atoms with Crippen molar-refractivity contribution in [2.24, 2.45) is 0 Å². The fraction of sp³-hybridized carbons (Fsp3) is 0.600. The highest BCUT2D eigenvalue weighted by molar-refractivity contribution is 5.15. The number of aliphatic hydroxyl groups is 1. The molecule has 22 heavy (non-hydrogen) atoms. The van der Waals surface area contributed by atoms with Gasteiger partial charge in [0.25, 0.3) is 0 Å². The molecule has 1 saturated heterocycles. The van der Waals surface area contributed by atoms with E-state index in [1.54, 1.807) is 17.0 Å². The first-order valence-corrected chi connectivity index (χ1v) is 7.28. The Hall–Kier alpha value is -1.18. The Balaban J connectivity index is 1.83. The van der Waals surface area contributed by atoms with Gasteiger partial charge in [-0.05, 0) is 37.2 Å². The molecule has 0 spiro atoms. The molecular weight excluding hydrogens is 300 g/mol. The molecule has 1 aliphatic heterocycles. The van der Waals surface area contributed by atoms with E-state index in [1.165, 1.54) is 12.1 Å². The molecule has 2 rings (SSSR count). The summed E-state index contributed by atoms with van der Waals surface area (Å²) in [7, 11) is 0. The Morgan fingerprint density at radius 3 is 2.23 bits per heavy atom. The third-order valence-corrected chi connectivity index (χ3v) is 3.81. The molecule has 0 aromatic heterocycles. The molecule has 1 aliphatic rings. The first-order valence-electron chi connectivity index (χ1n) is 7.28. The van der Waals surface area contributed by atoms with Gasteiger partial charge in [-0.2, -0.15) is 13.2 Å². The lowest BCUT2D eigenvalue weighted by atomic mass is 10.2. The largest absolute Gasteiger partial charge is 0.415 e. The summed E-state index contributed by atoms with van der Waals surface area (Å²) in [5, 5.41) is 9.14. The van der Waals surface area contributed by atoms with E-state index >= 15 is 0 Å². The Kier molecular flexibility index (Phi) is 5.77. The summed E-state index contributed by atoms with van der Waals surface area (Å²) in [6, 6.07) is 6.23. The second kappa shape index (κ2) is 7.39. The number of halogens is 4. The van der Waals surface area contributed by atoms with Gasteiger partial charge < -0.3 is 5.11 Å². The fourth-order valence-corrected chi connectivity index (χ4v) is 2.56. The van der Waals surface area contributed by atoms with Crippen LogP contribution >= 0.6 is 0 Å². The van der Waals surface area contributed by atoms with Crippen LogP contribution in [0.2, 0.25) is 0 Å². The SMILES string of the molecule is OC(CN1CCCN(Cc2ccc(F)cc2)CC1)C(F)(F)F. The van der Waals surface area contributed by atoms with E-state index in [4.69, 9.17) is 5.11 Å². The number of hydrogen-bond acceptors (Lipinski definition) is 3. The van der Waals surface area contributed by atoms with Crippen LogP contribution in [0.1, 0.15) is 12.0 Å². The zero-order valence-corrected chi connectivity index (χ0v) is 12.2. The highest BCUT2D eigenvalue weighted by atomic mass is 19.4. The van der Waals surface area contributed by atoms with Crippen molar-refractivity contribution in [2.45, 2.75) is 25.2 Å². The van der Waals surface area contributed by atoms with Crippen molar-refractivity contribution in [3.8, 4) is 0 Å². The number of β-amino-alcohol motifs (C(OH)–C–C–N with tert-alkyl or cyclic N) is 1. The standard InChI is InChI=1S/C15H20F4N2O/c16-13-4-2-12(3-5-13)10-20-6-1-7-21(9-8-20)11-14(22)15(17,18)19/h2-5,14,22H,1,6-11H2. The average molecular weight is 320 g/mol. The smallest absolute Gasteiger partial charge is 0.382 e. The number of rotatable bonds is 4. The highest BCUT2D eigenvalue weighted by Crippen LogP contribution is 2.21. The molecule has 0 amide bonds.